The Morgan fingerprint density at radius 3 is 3.00 bits per heavy atom. The quantitative estimate of drug-likeness (QED) is 0.686. The van der Waals surface area contributed by atoms with Crippen LogP contribution in [-0.2, 0) is 6.42 Å². The Labute approximate surface area is 87.0 Å². The summed E-state index contributed by atoms with van der Waals surface area (Å²) in [6, 6.07) is 6.82. The molecule has 4 N–H and O–H groups in total. The van der Waals surface area contributed by atoms with Gasteiger partial charge in [0.25, 0.3) is 0 Å². The molecule has 0 unspecified atom stereocenters. The number of phenolic OH excluding ortho intramolecular Hbond substituents is 1. The van der Waals surface area contributed by atoms with E-state index in [-0.39, 0.29) is 5.75 Å². The van der Waals surface area contributed by atoms with Gasteiger partial charge in [-0.3, -0.25) is 5.10 Å². The van der Waals surface area contributed by atoms with Crippen LogP contribution in [0.2, 0.25) is 0 Å². The van der Waals surface area contributed by atoms with Crippen LogP contribution in [0.25, 0.3) is 11.4 Å². The smallest absolute Gasteiger partial charge is 0.181 e. The average Bonchev–Trinajstić information content (AvgIpc) is 2.67. The van der Waals surface area contributed by atoms with Gasteiger partial charge in [-0.1, -0.05) is 12.1 Å². The molecule has 0 aliphatic carbocycles. The average molecular weight is 204 g/mol. The fourth-order valence-corrected chi connectivity index (χ4v) is 1.32. The number of rotatable bonds is 3. The molecule has 1 aromatic carbocycles. The fraction of sp³-hybridized carbons (Fsp3) is 0.200. The van der Waals surface area contributed by atoms with E-state index < -0.39 is 0 Å². The summed E-state index contributed by atoms with van der Waals surface area (Å²) in [4.78, 5) is 4.25. The molecule has 0 amide bonds. The fourth-order valence-electron chi connectivity index (χ4n) is 1.32. The minimum atomic E-state index is 0.206. The summed E-state index contributed by atoms with van der Waals surface area (Å²) in [5, 5.41) is 16.1. The Kier molecular flexibility index (Phi) is 2.64. The Bertz CT molecular complexity index is 452. The first-order valence-electron chi connectivity index (χ1n) is 4.70. The normalized spacial score (nSPS) is 10.5. The molecule has 2 aromatic rings. The van der Waals surface area contributed by atoms with Crippen LogP contribution in [0.1, 0.15) is 5.82 Å². The van der Waals surface area contributed by atoms with Gasteiger partial charge in [0, 0.05) is 12.0 Å². The first-order chi connectivity index (χ1) is 7.29. The van der Waals surface area contributed by atoms with Crippen LogP contribution >= 0.6 is 0 Å². The van der Waals surface area contributed by atoms with Crippen molar-refractivity contribution in [1.82, 2.24) is 15.2 Å². The van der Waals surface area contributed by atoms with Crippen molar-refractivity contribution < 1.29 is 5.11 Å². The first-order valence-corrected chi connectivity index (χ1v) is 4.70. The number of aromatic hydroxyl groups is 1. The monoisotopic (exact) mass is 204 g/mol. The highest BCUT2D eigenvalue weighted by atomic mass is 16.3. The lowest BCUT2D eigenvalue weighted by Gasteiger charge is -1.95. The molecule has 2 rings (SSSR count). The van der Waals surface area contributed by atoms with Crippen molar-refractivity contribution >= 4 is 0 Å². The molecule has 1 heterocycles. The topological polar surface area (TPSA) is 87.8 Å². The second-order valence-corrected chi connectivity index (χ2v) is 3.19. The van der Waals surface area contributed by atoms with Gasteiger partial charge in [-0.2, -0.15) is 5.10 Å². The second kappa shape index (κ2) is 4.10. The molecule has 0 aliphatic rings. The third kappa shape index (κ3) is 2.13. The second-order valence-electron chi connectivity index (χ2n) is 3.19. The number of aromatic nitrogens is 3. The van der Waals surface area contributed by atoms with E-state index in [0.29, 0.717) is 18.8 Å². The Morgan fingerprint density at radius 2 is 2.27 bits per heavy atom. The molecule has 0 aliphatic heterocycles. The van der Waals surface area contributed by atoms with Gasteiger partial charge in [0.15, 0.2) is 5.82 Å². The Balaban J connectivity index is 2.29. The van der Waals surface area contributed by atoms with Crippen molar-refractivity contribution in [2.45, 2.75) is 6.42 Å². The van der Waals surface area contributed by atoms with Crippen LogP contribution in [0.5, 0.6) is 5.75 Å². The Hall–Kier alpha value is -1.88. The molecule has 5 heteroatoms. The zero-order chi connectivity index (χ0) is 10.7. The van der Waals surface area contributed by atoms with Gasteiger partial charge in [-0.15, -0.1) is 0 Å². The molecule has 0 fully saturated rings. The van der Waals surface area contributed by atoms with Crippen molar-refractivity contribution in [2.75, 3.05) is 6.54 Å². The lowest BCUT2D eigenvalue weighted by molar-refractivity contribution is 0.475. The van der Waals surface area contributed by atoms with Gasteiger partial charge in [0.05, 0.1) is 0 Å². The molecular weight excluding hydrogens is 192 g/mol. The van der Waals surface area contributed by atoms with Crippen LogP contribution in [-0.4, -0.2) is 26.8 Å². The van der Waals surface area contributed by atoms with Crippen molar-refractivity contribution in [1.29, 1.82) is 0 Å². The van der Waals surface area contributed by atoms with Crippen LogP contribution in [0.4, 0.5) is 0 Å². The molecule has 15 heavy (non-hydrogen) atoms. The van der Waals surface area contributed by atoms with E-state index in [1.807, 2.05) is 6.07 Å². The first kappa shape index (κ1) is 9.67. The summed E-state index contributed by atoms with van der Waals surface area (Å²) in [6.07, 6.45) is 0.672. The van der Waals surface area contributed by atoms with Crippen molar-refractivity contribution in [3.05, 3.63) is 30.1 Å². The summed E-state index contributed by atoms with van der Waals surface area (Å²) in [5.41, 5.74) is 6.19. The number of nitrogens with one attached hydrogen (secondary N) is 1. The van der Waals surface area contributed by atoms with E-state index in [4.69, 9.17) is 5.73 Å². The summed E-state index contributed by atoms with van der Waals surface area (Å²) in [5.74, 6) is 1.54. The molecule has 0 atom stereocenters. The maximum Gasteiger partial charge on any atom is 0.181 e. The molecular formula is C10H12N4O. The van der Waals surface area contributed by atoms with Crippen LogP contribution in [0.15, 0.2) is 24.3 Å². The van der Waals surface area contributed by atoms with Gasteiger partial charge >= 0.3 is 0 Å². The highest BCUT2D eigenvalue weighted by molar-refractivity contribution is 5.56. The van der Waals surface area contributed by atoms with E-state index >= 15 is 0 Å². The summed E-state index contributed by atoms with van der Waals surface area (Å²) in [7, 11) is 0. The SMILES string of the molecule is NCCc1nc(-c2cccc(O)c2)n[nH]1. The summed E-state index contributed by atoms with van der Waals surface area (Å²) >= 11 is 0. The van der Waals surface area contributed by atoms with E-state index in [1.54, 1.807) is 18.2 Å². The van der Waals surface area contributed by atoms with Gasteiger partial charge in [-0.05, 0) is 18.7 Å². The predicted octanol–water partition coefficient (Wildman–Crippen LogP) is 0.678. The number of phenols is 1. The molecule has 0 radical (unpaired) electrons. The lowest BCUT2D eigenvalue weighted by atomic mass is 10.2. The molecule has 1 aromatic heterocycles. The van der Waals surface area contributed by atoms with E-state index in [0.717, 1.165) is 11.4 Å². The standard InChI is InChI=1S/C10H12N4O/c11-5-4-9-12-10(14-13-9)7-2-1-3-8(15)6-7/h1-3,6,15H,4-5,11H2,(H,12,13,14). The minimum Gasteiger partial charge on any atom is -0.508 e. The number of H-pyrrole nitrogens is 1. The third-order valence-electron chi connectivity index (χ3n) is 2.02. The highest BCUT2D eigenvalue weighted by Gasteiger charge is 2.05. The molecule has 0 saturated carbocycles. The number of benzene rings is 1. The minimum absolute atomic E-state index is 0.206. The number of nitrogens with zero attached hydrogens (tertiary/aromatic N) is 2. The van der Waals surface area contributed by atoms with Gasteiger partial charge in [-0.25, -0.2) is 4.98 Å². The van der Waals surface area contributed by atoms with Gasteiger partial charge in [0.1, 0.15) is 11.6 Å². The van der Waals surface area contributed by atoms with Crippen molar-refractivity contribution in [2.24, 2.45) is 5.73 Å². The highest BCUT2D eigenvalue weighted by Crippen LogP contribution is 2.19. The molecule has 0 saturated heterocycles. The molecule has 0 bridgehead atoms. The van der Waals surface area contributed by atoms with E-state index in [9.17, 15) is 5.11 Å². The summed E-state index contributed by atoms with van der Waals surface area (Å²) < 4.78 is 0. The maximum absolute atomic E-state index is 9.30. The van der Waals surface area contributed by atoms with Crippen LogP contribution < -0.4 is 5.73 Å². The zero-order valence-corrected chi connectivity index (χ0v) is 8.14. The number of hydrogen-bond acceptors (Lipinski definition) is 4. The third-order valence-corrected chi connectivity index (χ3v) is 2.02. The van der Waals surface area contributed by atoms with Gasteiger partial charge < -0.3 is 10.8 Å². The number of hydrogen-bond donors (Lipinski definition) is 3. The van der Waals surface area contributed by atoms with Crippen LogP contribution in [0.3, 0.4) is 0 Å². The number of aromatic amines is 1. The van der Waals surface area contributed by atoms with E-state index in [1.165, 1.54) is 0 Å². The van der Waals surface area contributed by atoms with Crippen molar-refractivity contribution in [3.8, 4) is 17.1 Å². The zero-order valence-electron chi connectivity index (χ0n) is 8.14. The molecule has 78 valence electrons. The molecule has 0 spiro atoms. The summed E-state index contributed by atoms with van der Waals surface area (Å²) in [6.45, 7) is 0.536. The Morgan fingerprint density at radius 1 is 1.40 bits per heavy atom. The van der Waals surface area contributed by atoms with Crippen LogP contribution in [0, 0.1) is 0 Å². The predicted molar refractivity (Wildman–Crippen MR) is 56.2 cm³/mol. The largest absolute Gasteiger partial charge is 0.508 e. The maximum atomic E-state index is 9.30. The van der Waals surface area contributed by atoms with E-state index in [2.05, 4.69) is 15.2 Å². The van der Waals surface area contributed by atoms with Gasteiger partial charge in [0.2, 0.25) is 0 Å². The lowest BCUT2D eigenvalue weighted by Crippen LogP contribution is -2.03. The van der Waals surface area contributed by atoms with Crippen molar-refractivity contribution in [3.63, 3.8) is 0 Å². The molecule has 5 nitrogen and oxygen atoms in total. The number of nitrogens with two attached hydrogens (primary N) is 1.